The Morgan fingerprint density at radius 3 is 2.47 bits per heavy atom. The Morgan fingerprint density at radius 2 is 1.69 bits per heavy atom. The standard InChI is InChI=1S/C25H25BrN2O3S/c1-17-7-6-10-23(18(17)2)27-24-9-5-4-8-19(24)15-31-16-22-14-20-13-21(26)11-12-25(20)28(22)32(3,29)30/h4-14,27H,15-16H2,1-3H3. The quantitative estimate of drug-likeness (QED) is 0.316. The first kappa shape index (κ1) is 22.6. The highest BCUT2D eigenvalue weighted by molar-refractivity contribution is 9.10. The number of nitrogens with zero attached hydrogens (tertiary/aromatic N) is 1. The molecule has 1 heterocycles. The minimum absolute atomic E-state index is 0.178. The first-order valence-electron chi connectivity index (χ1n) is 10.2. The second-order valence-electron chi connectivity index (χ2n) is 7.89. The van der Waals surface area contributed by atoms with E-state index >= 15 is 0 Å². The molecule has 166 valence electrons. The molecule has 7 heteroatoms. The number of rotatable bonds is 7. The molecule has 32 heavy (non-hydrogen) atoms. The van der Waals surface area contributed by atoms with Gasteiger partial charge in [-0.25, -0.2) is 12.4 Å². The Bertz CT molecular complexity index is 1390. The molecule has 5 nitrogen and oxygen atoms in total. The van der Waals surface area contributed by atoms with Crippen molar-refractivity contribution in [2.24, 2.45) is 0 Å². The van der Waals surface area contributed by atoms with Gasteiger partial charge >= 0.3 is 0 Å². The zero-order valence-electron chi connectivity index (χ0n) is 18.2. The van der Waals surface area contributed by atoms with Gasteiger partial charge in [-0.05, 0) is 61.4 Å². The summed E-state index contributed by atoms with van der Waals surface area (Å²) in [4.78, 5) is 0. The van der Waals surface area contributed by atoms with Crippen LogP contribution in [0, 0.1) is 13.8 Å². The summed E-state index contributed by atoms with van der Waals surface area (Å²) < 4.78 is 33.1. The molecule has 0 saturated heterocycles. The molecular weight excluding hydrogens is 488 g/mol. The third kappa shape index (κ3) is 4.75. The van der Waals surface area contributed by atoms with Crippen LogP contribution in [-0.2, 0) is 28.0 Å². The summed E-state index contributed by atoms with van der Waals surface area (Å²) in [5.41, 5.74) is 6.69. The molecule has 3 aromatic carbocycles. The molecule has 0 radical (unpaired) electrons. The molecule has 0 aliphatic rings. The van der Waals surface area contributed by atoms with Crippen molar-refractivity contribution in [2.75, 3.05) is 11.6 Å². The molecule has 0 bridgehead atoms. The topological polar surface area (TPSA) is 60.3 Å². The van der Waals surface area contributed by atoms with Gasteiger partial charge in [-0.1, -0.05) is 46.3 Å². The largest absolute Gasteiger partial charge is 0.370 e. The van der Waals surface area contributed by atoms with Gasteiger partial charge in [-0.15, -0.1) is 0 Å². The van der Waals surface area contributed by atoms with Crippen LogP contribution in [0.25, 0.3) is 10.9 Å². The summed E-state index contributed by atoms with van der Waals surface area (Å²) in [7, 11) is -3.47. The van der Waals surface area contributed by atoms with Gasteiger partial charge in [0.2, 0.25) is 10.0 Å². The van der Waals surface area contributed by atoms with E-state index in [2.05, 4.69) is 47.2 Å². The van der Waals surface area contributed by atoms with Gasteiger partial charge in [0.15, 0.2) is 0 Å². The van der Waals surface area contributed by atoms with Crippen LogP contribution in [0.1, 0.15) is 22.4 Å². The van der Waals surface area contributed by atoms with Gasteiger partial charge in [0, 0.05) is 26.8 Å². The van der Waals surface area contributed by atoms with E-state index in [9.17, 15) is 8.42 Å². The lowest BCUT2D eigenvalue weighted by Gasteiger charge is -2.15. The Kier molecular flexibility index (Phi) is 6.42. The fraction of sp³-hybridized carbons (Fsp3) is 0.200. The molecule has 0 aliphatic carbocycles. The van der Waals surface area contributed by atoms with Crippen LogP contribution in [0.3, 0.4) is 0 Å². The van der Waals surface area contributed by atoms with Crippen LogP contribution >= 0.6 is 15.9 Å². The summed E-state index contributed by atoms with van der Waals surface area (Å²) in [5.74, 6) is 0. The maximum Gasteiger partial charge on any atom is 0.236 e. The van der Waals surface area contributed by atoms with E-state index in [0.29, 0.717) is 17.8 Å². The Hall–Kier alpha value is -2.61. The molecule has 0 unspecified atom stereocenters. The predicted molar refractivity (Wildman–Crippen MR) is 134 cm³/mol. The van der Waals surface area contributed by atoms with E-state index in [1.54, 1.807) is 6.07 Å². The first-order chi connectivity index (χ1) is 15.2. The minimum Gasteiger partial charge on any atom is -0.370 e. The van der Waals surface area contributed by atoms with Crippen LogP contribution in [-0.4, -0.2) is 18.6 Å². The number of ether oxygens (including phenoxy) is 1. The molecule has 0 saturated carbocycles. The average Bonchev–Trinajstić information content (AvgIpc) is 3.10. The molecule has 0 spiro atoms. The lowest BCUT2D eigenvalue weighted by atomic mass is 10.1. The number of halogens is 1. The fourth-order valence-corrected chi connectivity index (χ4v) is 5.21. The molecule has 0 amide bonds. The zero-order valence-corrected chi connectivity index (χ0v) is 20.6. The van der Waals surface area contributed by atoms with E-state index in [1.165, 1.54) is 21.4 Å². The van der Waals surface area contributed by atoms with Crippen molar-refractivity contribution in [3.05, 3.63) is 93.6 Å². The monoisotopic (exact) mass is 512 g/mol. The molecule has 0 fully saturated rings. The lowest BCUT2D eigenvalue weighted by Crippen LogP contribution is -2.14. The van der Waals surface area contributed by atoms with Crippen LogP contribution < -0.4 is 5.32 Å². The van der Waals surface area contributed by atoms with Gasteiger partial charge in [0.1, 0.15) is 0 Å². The summed E-state index contributed by atoms with van der Waals surface area (Å²) in [6, 6.07) is 21.6. The van der Waals surface area contributed by atoms with Crippen molar-refractivity contribution < 1.29 is 13.2 Å². The average molecular weight is 513 g/mol. The van der Waals surface area contributed by atoms with Gasteiger partial charge in [0.25, 0.3) is 0 Å². The van der Waals surface area contributed by atoms with Crippen molar-refractivity contribution in [3.8, 4) is 0 Å². The van der Waals surface area contributed by atoms with Gasteiger partial charge in [0.05, 0.1) is 30.7 Å². The molecule has 1 N–H and O–H groups in total. The van der Waals surface area contributed by atoms with E-state index in [4.69, 9.17) is 4.74 Å². The lowest BCUT2D eigenvalue weighted by molar-refractivity contribution is 0.105. The van der Waals surface area contributed by atoms with Crippen molar-refractivity contribution in [3.63, 3.8) is 0 Å². The van der Waals surface area contributed by atoms with E-state index in [1.807, 2.05) is 48.5 Å². The highest BCUT2D eigenvalue weighted by Gasteiger charge is 2.17. The van der Waals surface area contributed by atoms with Crippen molar-refractivity contribution >= 4 is 48.2 Å². The first-order valence-corrected chi connectivity index (χ1v) is 12.9. The molecule has 0 aliphatic heterocycles. The van der Waals surface area contributed by atoms with Crippen LogP contribution in [0.5, 0.6) is 0 Å². The Balaban J connectivity index is 1.56. The van der Waals surface area contributed by atoms with Crippen LogP contribution in [0.4, 0.5) is 11.4 Å². The number of nitrogens with one attached hydrogen (secondary N) is 1. The molecule has 1 aromatic heterocycles. The molecule has 4 rings (SSSR count). The minimum atomic E-state index is -3.47. The predicted octanol–water partition coefficient (Wildman–Crippen LogP) is 6.29. The zero-order chi connectivity index (χ0) is 22.9. The number of aryl methyl sites for hydroxylation is 1. The van der Waals surface area contributed by atoms with Crippen LogP contribution in [0.2, 0.25) is 0 Å². The number of benzene rings is 3. The van der Waals surface area contributed by atoms with E-state index < -0.39 is 10.0 Å². The summed E-state index contributed by atoms with van der Waals surface area (Å²) in [5, 5.41) is 4.35. The number of aromatic nitrogens is 1. The normalized spacial score (nSPS) is 11.8. The van der Waals surface area contributed by atoms with Gasteiger partial charge < -0.3 is 10.1 Å². The third-order valence-electron chi connectivity index (χ3n) is 5.52. The number of hydrogen-bond donors (Lipinski definition) is 1. The second kappa shape index (κ2) is 9.10. The second-order valence-corrected chi connectivity index (χ2v) is 10.6. The highest BCUT2D eigenvalue weighted by atomic mass is 79.9. The SMILES string of the molecule is Cc1cccc(Nc2ccccc2COCc2cc3cc(Br)ccc3n2S(C)(=O)=O)c1C. The third-order valence-corrected chi connectivity index (χ3v) is 7.11. The summed E-state index contributed by atoms with van der Waals surface area (Å²) in [6.07, 6.45) is 1.21. The summed E-state index contributed by atoms with van der Waals surface area (Å²) >= 11 is 3.45. The summed E-state index contributed by atoms with van der Waals surface area (Å²) in [6.45, 7) is 4.72. The van der Waals surface area contributed by atoms with E-state index in [-0.39, 0.29) is 6.61 Å². The molecule has 4 aromatic rings. The number of para-hydroxylation sites is 1. The van der Waals surface area contributed by atoms with Crippen molar-refractivity contribution in [1.82, 2.24) is 3.97 Å². The van der Waals surface area contributed by atoms with Crippen molar-refractivity contribution in [2.45, 2.75) is 27.1 Å². The number of hydrogen-bond acceptors (Lipinski definition) is 4. The van der Waals surface area contributed by atoms with Crippen LogP contribution in [0.15, 0.2) is 71.2 Å². The maximum atomic E-state index is 12.4. The van der Waals surface area contributed by atoms with Gasteiger partial charge in [-0.3, -0.25) is 0 Å². The molecular formula is C25H25BrN2O3S. The van der Waals surface area contributed by atoms with E-state index in [0.717, 1.165) is 26.8 Å². The number of fused-ring (bicyclic) bond motifs is 1. The Labute approximate surface area is 197 Å². The fourth-order valence-electron chi connectivity index (χ4n) is 3.78. The highest BCUT2D eigenvalue weighted by Crippen LogP contribution is 2.28. The molecule has 0 atom stereocenters. The maximum absolute atomic E-state index is 12.4. The smallest absolute Gasteiger partial charge is 0.236 e. The van der Waals surface area contributed by atoms with Crippen molar-refractivity contribution in [1.29, 1.82) is 0 Å². The Morgan fingerprint density at radius 1 is 0.938 bits per heavy atom. The van der Waals surface area contributed by atoms with Gasteiger partial charge in [-0.2, -0.15) is 0 Å². The number of anilines is 2.